The monoisotopic (exact) mass is 1510 g/mol. The zero-order valence-electron chi connectivity index (χ0n) is 60.8. The third-order valence-corrected chi connectivity index (χ3v) is 20.6. The number of hydrogen-bond donors (Lipinski definition) is 2. The predicted octanol–water partition coefficient (Wildman–Crippen LogP) is 15.5. The summed E-state index contributed by atoms with van der Waals surface area (Å²) < 4.78 is 120. The molecular formula is C88H92N3O18P. The molecule has 0 radical (unpaired) electrons. The molecule has 1 aliphatic carbocycles. The topological polar surface area (TPSA) is 245 Å². The summed E-state index contributed by atoms with van der Waals surface area (Å²) in [4.78, 5) is 3.47. The van der Waals surface area contributed by atoms with Crippen molar-refractivity contribution in [2.75, 3.05) is 13.2 Å². The summed E-state index contributed by atoms with van der Waals surface area (Å²) in [5.74, 6) is 0. The van der Waals surface area contributed by atoms with Crippen LogP contribution >= 0.6 is 7.82 Å². The number of rotatable bonds is 39. The molecule has 13 rings (SSSR count). The summed E-state index contributed by atoms with van der Waals surface area (Å²) in [5.41, 5.74) is 18.9. The maximum Gasteiger partial charge on any atom is 0.475 e. The summed E-state index contributed by atoms with van der Waals surface area (Å²) in [6.07, 6.45) is -20.3. The van der Waals surface area contributed by atoms with Crippen molar-refractivity contribution in [2.45, 2.75) is 164 Å². The Balaban J connectivity index is 0.914. The van der Waals surface area contributed by atoms with Gasteiger partial charge in [0.25, 0.3) is 0 Å². The Kier molecular flexibility index (Phi) is 29.8. The van der Waals surface area contributed by atoms with Crippen LogP contribution in [0.1, 0.15) is 55.6 Å². The molecule has 2 saturated heterocycles. The molecule has 22 heteroatoms. The van der Waals surface area contributed by atoms with Gasteiger partial charge in [-0.2, -0.15) is 0 Å². The number of aliphatic hydroxyl groups is 2. The van der Waals surface area contributed by atoms with E-state index in [0.717, 1.165) is 44.5 Å². The average Bonchev–Trinajstić information content (AvgIpc) is 0.756. The zero-order valence-corrected chi connectivity index (χ0v) is 61.7. The van der Waals surface area contributed by atoms with Gasteiger partial charge in [0.2, 0.25) is 0 Å². The lowest BCUT2D eigenvalue weighted by Gasteiger charge is -2.51. The molecule has 16 atom stereocenters. The third-order valence-electron chi connectivity index (χ3n) is 19.2. The van der Waals surface area contributed by atoms with E-state index in [4.69, 9.17) is 70.4 Å². The highest BCUT2D eigenvalue weighted by atomic mass is 31.2. The van der Waals surface area contributed by atoms with Gasteiger partial charge >= 0.3 is 7.82 Å². The van der Waals surface area contributed by atoms with E-state index in [1.165, 1.54) is 0 Å². The van der Waals surface area contributed by atoms with Crippen molar-refractivity contribution in [3.63, 3.8) is 0 Å². The maximum absolute atomic E-state index is 15.5. The molecule has 21 nitrogen and oxygen atoms in total. The quantitative estimate of drug-likeness (QED) is 0.0157. The highest BCUT2D eigenvalue weighted by molar-refractivity contribution is 7.48. The van der Waals surface area contributed by atoms with Crippen molar-refractivity contribution in [2.24, 2.45) is 5.11 Å². The first-order chi connectivity index (χ1) is 54.2. The predicted molar refractivity (Wildman–Crippen MR) is 409 cm³/mol. The van der Waals surface area contributed by atoms with Crippen LogP contribution in [0.2, 0.25) is 0 Å². The number of ether oxygens (including phenoxy) is 12. The molecule has 1 saturated carbocycles. The van der Waals surface area contributed by atoms with Crippen LogP contribution in [-0.4, -0.2) is 121 Å². The van der Waals surface area contributed by atoms with E-state index >= 15 is 4.57 Å². The van der Waals surface area contributed by atoms with Gasteiger partial charge in [-0.1, -0.05) is 308 Å². The Morgan fingerprint density at radius 3 is 0.945 bits per heavy atom. The number of azide groups is 1. The lowest BCUT2D eigenvalue weighted by molar-refractivity contribution is -0.372. The number of nitrogens with zero attached hydrogens (tertiary/aromatic N) is 3. The highest BCUT2D eigenvalue weighted by Gasteiger charge is 2.58. The molecule has 10 aromatic rings. The Morgan fingerprint density at radius 1 is 0.300 bits per heavy atom. The second-order valence-corrected chi connectivity index (χ2v) is 28.7. The molecule has 0 amide bonds. The largest absolute Gasteiger partial charge is 0.475 e. The van der Waals surface area contributed by atoms with Crippen LogP contribution in [0.15, 0.2) is 308 Å². The van der Waals surface area contributed by atoms with Crippen molar-refractivity contribution in [1.29, 1.82) is 0 Å². The molecule has 572 valence electrons. The van der Waals surface area contributed by atoms with Gasteiger partial charge in [0.05, 0.1) is 79.3 Å². The Hall–Kier alpha value is -8.94. The van der Waals surface area contributed by atoms with Crippen molar-refractivity contribution in [1.82, 2.24) is 0 Å². The van der Waals surface area contributed by atoms with E-state index in [-0.39, 0.29) is 72.7 Å². The molecule has 10 aromatic carbocycles. The van der Waals surface area contributed by atoms with Gasteiger partial charge in [0.1, 0.15) is 85.4 Å². The van der Waals surface area contributed by atoms with E-state index < -0.39 is 112 Å². The van der Waals surface area contributed by atoms with Crippen molar-refractivity contribution >= 4 is 7.82 Å². The minimum Gasteiger partial charge on any atom is -0.387 e. The molecule has 2 heterocycles. The molecule has 0 unspecified atom stereocenters. The highest BCUT2D eigenvalue weighted by Crippen LogP contribution is 2.52. The third kappa shape index (κ3) is 22.7. The molecule has 3 fully saturated rings. The van der Waals surface area contributed by atoms with E-state index in [0.29, 0.717) is 11.1 Å². The standard InChI is InChI=1S/C88H92N3O18P/c89-91-90-75-80(97-53-65-35-15-3-16-36-65)79(73(61-95-51-63-31-11-1-12-32-63)106-87(75)109-82-77(93)76(92)81(98-54-66-37-17-4-18-38-66)84(100-56-68-41-21-6-22-42-68)85(82)101-57-69-43-23-7-24-44-69)108-88-86(102-58-70-45-25-8-26-46-70)83(99-55-67-39-19-5-20-40-67)78(96-52-64-33-13-2-14-34-64)74(107-88)62-105-110(94,103-59-71-47-27-9-28-48-71)104-60-72-49-29-10-30-50-72/h1-50,73-88,92-93H,51-62H2/t73-,74-,75-,76+,77-,78+,79-,80-,81+,82+,83+,84-,85-,86-,87-,88-/m1/s1. The first kappa shape index (κ1) is 79.2. The summed E-state index contributed by atoms with van der Waals surface area (Å²) >= 11 is 0. The Labute approximate surface area is 641 Å². The van der Waals surface area contributed by atoms with Gasteiger partial charge in [-0.05, 0) is 61.2 Å². The Bertz CT molecular complexity index is 4310. The number of aliphatic hydroxyl groups excluding tert-OH is 2. The summed E-state index contributed by atoms with van der Waals surface area (Å²) in [6, 6.07) is 93.4. The lowest BCUT2D eigenvalue weighted by atomic mass is 9.83. The van der Waals surface area contributed by atoms with Crippen molar-refractivity contribution < 1.29 is 85.2 Å². The van der Waals surface area contributed by atoms with Gasteiger partial charge in [0, 0.05) is 4.91 Å². The molecule has 110 heavy (non-hydrogen) atoms. The van der Waals surface area contributed by atoms with Gasteiger partial charge in [0.15, 0.2) is 12.6 Å². The minimum atomic E-state index is -4.56. The number of hydrogen-bond acceptors (Lipinski definition) is 19. The number of phosphoric ester groups is 1. The molecule has 3 aliphatic rings. The zero-order chi connectivity index (χ0) is 75.4. The van der Waals surface area contributed by atoms with E-state index in [2.05, 4.69) is 10.0 Å². The first-order valence-corrected chi connectivity index (χ1v) is 38.5. The van der Waals surface area contributed by atoms with Crippen molar-refractivity contribution in [3.05, 3.63) is 369 Å². The second kappa shape index (κ2) is 41.4. The number of phosphoric acid groups is 1. The fraction of sp³-hybridized carbons (Fsp3) is 0.318. The molecule has 0 aromatic heterocycles. The maximum atomic E-state index is 15.5. The van der Waals surface area contributed by atoms with Crippen LogP contribution in [0.25, 0.3) is 10.4 Å². The summed E-state index contributed by atoms with van der Waals surface area (Å²) in [5, 5.41) is 30.1. The van der Waals surface area contributed by atoms with Gasteiger partial charge in [-0.3, -0.25) is 13.6 Å². The SMILES string of the molecule is [N-]=[N+]=N[C@H]1[C@@H](O[C@H]2[C@H](O)[C@H](O)[C@H](OCc3ccccc3)[C@@H](OCc3ccccc3)[C@@H]2OCc2ccccc2)O[C@H](COCc2ccccc2)[C@@H](O[C@H]2O[C@H](COP(=O)(OCc3ccccc3)OCc3ccccc3)[C@H](OCc3ccccc3)[C@H](OCc3ccccc3)[C@H]2OCc2ccccc2)[C@@H]1OCc1ccccc1. The molecule has 0 spiro atoms. The van der Waals surface area contributed by atoms with E-state index in [9.17, 15) is 15.7 Å². The van der Waals surface area contributed by atoms with Gasteiger partial charge < -0.3 is 67.1 Å². The average molecular weight is 1510 g/mol. The molecular weight excluding hydrogens is 1420 g/mol. The fourth-order valence-electron chi connectivity index (χ4n) is 13.5. The number of benzene rings is 10. The fourth-order valence-corrected chi connectivity index (χ4v) is 14.7. The summed E-state index contributed by atoms with van der Waals surface area (Å²) in [6.45, 7) is -0.803. The lowest BCUT2D eigenvalue weighted by Crippen LogP contribution is -2.69. The molecule has 2 aliphatic heterocycles. The van der Waals surface area contributed by atoms with Crippen LogP contribution in [0.3, 0.4) is 0 Å². The van der Waals surface area contributed by atoms with Gasteiger partial charge in [-0.25, -0.2) is 4.57 Å². The smallest absolute Gasteiger partial charge is 0.387 e. The van der Waals surface area contributed by atoms with Crippen LogP contribution in [0.4, 0.5) is 0 Å². The van der Waals surface area contributed by atoms with Crippen molar-refractivity contribution in [3.8, 4) is 0 Å². The van der Waals surface area contributed by atoms with Crippen LogP contribution in [0.5, 0.6) is 0 Å². The van der Waals surface area contributed by atoms with Crippen LogP contribution < -0.4 is 0 Å². The van der Waals surface area contributed by atoms with E-state index in [1.807, 2.05) is 303 Å². The second-order valence-electron chi connectivity index (χ2n) is 27.1. The molecule has 2 N–H and O–H groups in total. The van der Waals surface area contributed by atoms with E-state index in [1.54, 1.807) is 0 Å². The van der Waals surface area contributed by atoms with Crippen LogP contribution in [-0.2, 0) is 141 Å². The summed E-state index contributed by atoms with van der Waals surface area (Å²) in [7, 11) is -4.56. The Morgan fingerprint density at radius 2 is 0.573 bits per heavy atom. The van der Waals surface area contributed by atoms with Crippen LogP contribution in [0, 0.1) is 0 Å². The van der Waals surface area contributed by atoms with Gasteiger partial charge in [-0.15, -0.1) is 0 Å². The molecule has 0 bridgehead atoms. The minimum absolute atomic E-state index is 0.00111. The first-order valence-electron chi connectivity index (χ1n) is 37.0. The normalized spacial score (nSPS) is 24.8.